The predicted molar refractivity (Wildman–Crippen MR) is 68.3 cm³/mol. The molecule has 0 aliphatic carbocycles. The van der Waals surface area contributed by atoms with Crippen molar-refractivity contribution < 1.29 is 14.6 Å². The number of aliphatic hydroxyl groups is 1. The smallest absolute Gasteiger partial charge is 0.164 e. The van der Waals surface area contributed by atoms with Crippen LogP contribution in [-0.4, -0.2) is 30.6 Å². The van der Waals surface area contributed by atoms with Gasteiger partial charge in [0.15, 0.2) is 5.78 Å². The number of ketones is 1. The monoisotopic (exact) mass is 237 g/mol. The molecule has 0 saturated heterocycles. The van der Waals surface area contributed by atoms with Crippen molar-refractivity contribution in [2.75, 3.05) is 19.8 Å². The van der Waals surface area contributed by atoms with E-state index >= 15 is 0 Å². The Morgan fingerprint density at radius 3 is 2.71 bits per heavy atom. The normalized spacial score (nSPS) is 9.06. The fourth-order valence-corrected chi connectivity index (χ4v) is 1.20. The zero-order valence-electron chi connectivity index (χ0n) is 9.89. The lowest BCUT2D eigenvalue weighted by Gasteiger charge is -2.05. The van der Waals surface area contributed by atoms with Gasteiger partial charge in [-0.15, -0.1) is 13.2 Å². The van der Waals surface area contributed by atoms with Crippen molar-refractivity contribution in [2.24, 2.45) is 5.73 Å². The van der Waals surface area contributed by atoms with Crippen LogP contribution in [0.25, 0.3) is 0 Å². The van der Waals surface area contributed by atoms with E-state index < -0.39 is 0 Å². The molecule has 4 heteroatoms. The van der Waals surface area contributed by atoms with Gasteiger partial charge in [0.05, 0.1) is 6.61 Å². The number of hydrogen-bond acceptors (Lipinski definition) is 4. The van der Waals surface area contributed by atoms with Gasteiger partial charge < -0.3 is 15.6 Å². The number of carbonyl (C=O) groups is 1. The van der Waals surface area contributed by atoms with Crippen LogP contribution in [0.5, 0.6) is 5.75 Å². The van der Waals surface area contributed by atoms with E-state index in [0.29, 0.717) is 24.3 Å². The summed E-state index contributed by atoms with van der Waals surface area (Å²) in [6, 6.07) is 6.88. The summed E-state index contributed by atoms with van der Waals surface area (Å²) in [7, 11) is 0. The molecule has 1 rings (SSSR count). The fraction of sp³-hybridized carbons (Fsp3) is 0.308. The molecule has 1 aromatic rings. The molecule has 0 atom stereocenters. The van der Waals surface area contributed by atoms with Crippen LogP contribution in [0.15, 0.2) is 37.4 Å². The lowest BCUT2D eigenvalue weighted by atomic mass is 10.1. The van der Waals surface area contributed by atoms with E-state index in [1.54, 1.807) is 24.3 Å². The third-order valence-electron chi connectivity index (χ3n) is 1.89. The highest BCUT2D eigenvalue weighted by Crippen LogP contribution is 2.14. The third kappa shape index (κ3) is 5.85. The molecule has 1 aromatic carbocycles. The maximum atomic E-state index is 11.5. The molecule has 94 valence electrons. The van der Waals surface area contributed by atoms with Gasteiger partial charge in [-0.25, -0.2) is 0 Å². The number of nitrogens with two attached hydrogens (primary N) is 1. The molecule has 17 heavy (non-hydrogen) atoms. The van der Waals surface area contributed by atoms with E-state index in [9.17, 15) is 4.79 Å². The van der Waals surface area contributed by atoms with Crippen LogP contribution in [-0.2, 0) is 0 Å². The summed E-state index contributed by atoms with van der Waals surface area (Å²) in [5, 5.41) is 8.58. The Hall–Kier alpha value is -1.65. The molecule has 3 N–H and O–H groups in total. The van der Waals surface area contributed by atoms with Gasteiger partial charge in [0.2, 0.25) is 0 Å². The summed E-state index contributed by atoms with van der Waals surface area (Å²) < 4.78 is 5.19. The minimum Gasteiger partial charge on any atom is -0.491 e. The zero-order chi connectivity index (χ0) is 13.1. The van der Waals surface area contributed by atoms with Crippen LogP contribution < -0.4 is 10.5 Å². The molecule has 0 aliphatic rings. The molecule has 0 saturated carbocycles. The molecule has 0 amide bonds. The predicted octanol–water partition coefficient (Wildman–Crippen LogP) is 1.39. The van der Waals surface area contributed by atoms with Crippen molar-refractivity contribution in [3.63, 3.8) is 0 Å². The van der Waals surface area contributed by atoms with E-state index in [1.165, 1.54) is 0 Å². The van der Waals surface area contributed by atoms with Crippen molar-refractivity contribution in [3.05, 3.63) is 43.0 Å². The molecule has 0 radical (unpaired) electrons. The lowest BCUT2D eigenvalue weighted by molar-refractivity contribution is 0.0985. The highest BCUT2D eigenvalue weighted by molar-refractivity contribution is 5.96. The van der Waals surface area contributed by atoms with E-state index in [0.717, 1.165) is 0 Å². The van der Waals surface area contributed by atoms with E-state index in [1.807, 2.05) is 0 Å². The molecule has 0 fully saturated rings. The number of rotatable bonds is 6. The lowest BCUT2D eigenvalue weighted by Crippen LogP contribution is -2.08. The number of benzene rings is 1. The van der Waals surface area contributed by atoms with E-state index in [2.05, 4.69) is 13.2 Å². The summed E-state index contributed by atoms with van der Waals surface area (Å²) in [5.41, 5.74) is 5.89. The fourth-order valence-electron chi connectivity index (χ4n) is 1.20. The van der Waals surface area contributed by atoms with Crippen LogP contribution in [0.1, 0.15) is 16.8 Å². The average Bonchev–Trinajstić information content (AvgIpc) is 2.39. The first-order chi connectivity index (χ1) is 8.27. The number of carbonyl (C=O) groups excluding carboxylic acids is 1. The first-order valence-corrected chi connectivity index (χ1v) is 5.35. The number of Topliss-reactive ketones (excluding diaryl/α,β-unsaturated/α-hetero) is 1. The second-order valence-corrected chi connectivity index (χ2v) is 3.06. The molecule has 0 aliphatic heterocycles. The summed E-state index contributed by atoms with van der Waals surface area (Å²) in [5.74, 6) is 0.596. The average molecular weight is 237 g/mol. The van der Waals surface area contributed by atoms with Crippen molar-refractivity contribution in [1.82, 2.24) is 0 Å². The minimum absolute atomic E-state index is 0.00643. The molecule has 4 nitrogen and oxygen atoms in total. The van der Waals surface area contributed by atoms with E-state index in [-0.39, 0.29) is 19.0 Å². The Kier molecular flexibility index (Phi) is 8.64. The number of hydrogen-bond donors (Lipinski definition) is 2. The second-order valence-electron chi connectivity index (χ2n) is 3.06. The molecular weight excluding hydrogens is 218 g/mol. The topological polar surface area (TPSA) is 72.6 Å². The number of aliphatic hydroxyl groups excluding tert-OH is 1. The van der Waals surface area contributed by atoms with Crippen LogP contribution in [0.2, 0.25) is 0 Å². The Bertz CT molecular complexity index is 339. The van der Waals surface area contributed by atoms with Crippen LogP contribution in [0, 0.1) is 0 Å². The second kappa shape index (κ2) is 9.57. The Labute approximate surface area is 102 Å². The van der Waals surface area contributed by atoms with Crippen molar-refractivity contribution in [1.29, 1.82) is 0 Å². The molecule has 0 spiro atoms. The summed E-state index contributed by atoms with van der Waals surface area (Å²) in [6.07, 6.45) is 0.337. The maximum Gasteiger partial charge on any atom is 0.164 e. The van der Waals surface area contributed by atoms with Gasteiger partial charge in [0.1, 0.15) is 12.4 Å². The SMILES string of the molecule is C=C.NCCC(=O)c1cccc(OCCO)c1. The Morgan fingerprint density at radius 2 is 2.12 bits per heavy atom. The molecule has 0 bridgehead atoms. The first-order valence-electron chi connectivity index (χ1n) is 5.35. The van der Waals surface area contributed by atoms with Crippen molar-refractivity contribution in [3.8, 4) is 5.75 Å². The summed E-state index contributed by atoms with van der Waals surface area (Å²) in [4.78, 5) is 11.5. The van der Waals surface area contributed by atoms with Gasteiger partial charge in [0, 0.05) is 12.0 Å². The quantitative estimate of drug-likeness (QED) is 0.579. The highest BCUT2D eigenvalue weighted by atomic mass is 16.5. The molecular formula is C13H19NO3. The summed E-state index contributed by atoms with van der Waals surface area (Å²) in [6.45, 7) is 6.54. The zero-order valence-corrected chi connectivity index (χ0v) is 9.89. The molecule has 0 unspecified atom stereocenters. The summed E-state index contributed by atoms with van der Waals surface area (Å²) >= 11 is 0. The molecule has 0 heterocycles. The van der Waals surface area contributed by atoms with Crippen LogP contribution >= 0.6 is 0 Å². The molecule has 0 aromatic heterocycles. The van der Waals surface area contributed by atoms with Gasteiger partial charge in [-0.2, -0.15) is 0 Å². The van der Waals surface area contributed by atoms with Crippen LogP contribution in [0.3, 0.4) is 0 Å². The minimum atomic E-state index is -0.0407. The Morgan fingerprint density at radius 1 is 1.41 bits per heavy atom. The first kappa shape index (κ1) is 15.3. The van der Waals surface area contributed by atoms with Gasteiger partial charge >= 0.3 is 0 Å². The largest absolute Gasteiger partial charge is 0.491 e. The van der Waals surface area contributed by atoms with Gasteiger partial charge in [-0.1, -0.05) is 12.1 Å². The van der Waals surface area contributed by atoms with Crippen LogP contribution in [0.4, 0.5) is 0 Å². The van der Waals surface area contributed by atoms with Gasteiger partial charge in [-0.05, 0) is 18.7 Å². The Balaban J connectivity index is 0.00000121. The van der Waals surface area contributed by atoms with Crippen molar-refractivity contribution in [2.45, 2.75) is 6.42 Å². The maximum absolute atomic E-state index is 11.5. The third-order valence-corrected chi connectivity index (χ3v) is 1.89. The number of ether oxygens (including phenoxy) is 1. The standard InChI is InChI=1S/C11H15NO3.C2H4/c12-5-4-11(14)9-2-1-3-10(8-9)15-7-6-13;1-2/h1-3,8,13H,4-7,12H2;1-2H2. The highest BCUT2D eigenvalue weighted by Gasteiger charge is 2.05. The van der Waals surface area contributed by atoms with E-state index in [4.69, 9.17) is 15.6 Å². The van der Waals surface area contributed by atoms with Gasteiger partial charge in [-0.3, -0.25) is 4.79 Å². The van der Waals surface area contributed by atoms with Crippen molar-refractivity contribution >= 4 is 5.78 Å². The van der Waals surface area contributed by atoms with Gasteiger partial charge in [0.25, 0.3) is 0 Å².